The van der Waals surface area contributed by atoms with E-state index in [1.165, 1.54) is 0 Å². The lowest BCUT2D eigenvalue weighted by atomic mass is 10.1. The summed E-state index contributed by atoms with van der Waals surface area (Å²) in [7, 11) is 0. The van der Waals surface area contributed by atoms with E-state index in [1.54, 1.807) is 0 Å². The molecule has 6 nitrogen and oxygen atoms in total. The Hall–Kier alpha value is -2.24. The highest BCUT2D eigenvalue weighted by Gasteiger charge is 2.07. The molecule has 82 valence electrons. The van der Waals surface area contributed by atoms with Gasteiger partial charge in [0, 0.05) is 5.56 Å². The molecule has 0 amide bonds. The predicted molar refractivity (Wildman–Crippen MR) is 55.6 cm³/mol. The number of carbonyl (C=O) groups is 1. The summed E-state index contributed by atoms with van der Waals surface area (Å²) in [4.78, 5) is 11.5. The van der Waals surface area contributed by atoms with Crippen LogP contribution in [0.1, 0.15) is 5.56 Å². The van der Waals surface area contributed by atoms with Crippen LogP contribution in [0.5, 0.6) is 0 Å². The molecule has 0 fully saturated rings. The highest BCUT2D eigenvalue weighted by molar-refractivity contribution is 5.66. The summed E-state index contributed by atoms with van der Waals surface area (Å²) in [5.74, 6) is -0.557. The normalized spacial score (nSPS) is 10.3. The lowest BCUT2D eigenvalue weighted by Gasteiger charge is -1.95. The van der Waals surface area contributed by atoms with Crippen LogP contribution in [0.25, 0.3) is 11.4 Å². The Morgan fingerprint density at radius 3 is 3.00 bits per heavy atom. The van der Waals surface area contributed by atoms with Crippen molar-refractivity contribution in [1.29, 1.82) is 0 Å². The molecule has 1 N–H and O–H groups in total. The molecule has 0 aliphatic heterocycles. The summed E-state index contributed by atoms with van der Waals surface area (Å²) >= 11 is 0. The number of rotatable bonds is 3. The van der Waals surface area contributed by atoms with Crippen molar-refractivity contribution in [3.8, 4) is 11.4 Å². The van der Waals surface area contributed by atoms with Gasteiger partial charge in [0.2, 0.25) is 5.82 Å². The minimum absolute atomic E-state index is 0.279. The Morgan fingerprint density at radius 2 is 2.31 bits per heavy atom. The van der Waals surface area contributed by atoms with Crippen LogP contribution in [-0.4, -0.2) is 31.3 Å². The van der Waals surface area contributed by atoms with Gasteiger partial charge in [-0.1, -0.05) is 23.8 Å². The van der Waals surface area contributed by atoms with E-state index in [9.17, 15) is 4.79 Å². The minimum Gasteiger partial charge on any atom is -0.480 e. The fourth-order valence-corrected chi connectivity index (χ4v) is 1.33. The molecule has 1 aromatic carbocycles. The number of carboxylic acids is 1. The maximum absolute atomic E-state index is 10.4. The van der Waals surface area contributed by atoms with E-state index >= 15 is 0 Å². The summed E-state index contributed by atoms with van der Waals surface area (Å²) in [6.45, 7) is 1.68. The van der Waals surface area contributed by atoms with E-state index in [0.717, 1.165) is 15.9 Å². The Balaban J connectivity index is 2.28. The third-order valence-electron chi connectivity index (χ3n) is 2.01. The highest BCUT2D eigenvalue weighted by atomic mass is 16.4. The molecule has 0 atom stereocenters. The van der Waals surface area contributed by atoms with Crippen LogP contribution in [0.15, 0.2) is 24.3 Å². The smallest absolute Gasteiger partial charge is 0.327 e. The average molecular weight is 218 g/mol. The summed E-state index contributed by atoms with van der Waals surface area (Å²) in [5, 5.41) is 20.0. The molecule has 1 heterocycles. The van der Waals surface area contributed by atoms with Gasteiger partial charge in [0.25, 0.3) is 0 Å². The number of nitrogens with zero attached hydrogens (tertiary/aromatic N) is 4. The van der Waals surface area contributed by atoms with Crippen molar-refractivity contribution in [2.75, 3.05) is 0 Å². The fourth-order valence-electron chi connectivity index (χ4n) is 1.33. The van der Waals surface area contributed by atoms with Crippen LogP contribution in [-0.2, 0) is 11.3 Å². The van der Waals surface area contributed by atoms with E-state index in [2.05, 4.69) is 15.4 Å². The first-order valence-corrected chi connectivity index (χ1v) is 4.72. The van der Waals surface area contributed by atoms with E-state index in [4.69, 9.17) is 5.11 Å². The van der Waals surface area contributed by atoms with Crippen LogP contribution in [0.4, 0.5) is 0 Å². The summed E-state index contributed by atoms with van der Waals surface area (Å²) in [6, 6.07) is 7.63. The van der Waals surface area contributed by atoms with Gasteiger partial charge in [-0.05, 0) is 18.2 Å². The van der Waals surface area contributed by atoms with Gasteiger partial charge in [-0.2, -0.15) is 4.80 Å². The van der Waals surface area contributed by atoms with E-state index in [0.29, 0.717) is 5.82 Å². The summed E-state index contributed by atoms with van der Waals surface area (Å²) < 4.78 is 0. The SMILES string of the molecule is Cc1cccc(-c2nnn(CC(=O)O)n2)c1. The highest BCUT2D eigenvalue weighted by Crippen LogP contribution is 2.14. The molecule has 6 heteroatoms. The molecule has 0 aliphatic carbocycles. The van der Waals surface area contributed by atoms with Crippen molar-refractivity contribution in [2.45, 2.75) is 13.5 Å². The lowest BCUT2D eigenvalue weighted by molar-refractivity contribution is -0.138. The standard InChI is InChI=1S/C10H10N4O2/c1-7-3-2-4-8(5-7)10-11-13-14(12-10)6-9(15)16/h2-5H,6H2,1H3,(H,15,16). The number of aromatic nitrogens is 4. The Morgan fingerprint density at radius 1 is 1.50 bits per heavy atom. The molecule has 0 bridgehead atoms. The maximum Gasteiger partial charge on any atom is 0.327 e. The molecule has 0 saturated carbocycles. The fraction of sp³-hybridized carbons (Fsp3) is 0.200. The van der Waals surface area contributed by atoms with Gasteiger partial charge < -0.3 is 5.11 Å². The molecule has 2 aromatic rings. The van der Waals surface area contributed by atoms with Crippen LogP contribution in [0.3, 0.4) is 0 Å². The first-order chi connectivity index (χ1) is 7.65. The molecule has 1 aromatic heterocycles. The third kappa shape index (κ3) is 2.22. The number of aliphatic carboxylic acids is 1. The average Bonchev–Trinajstić information content (AvgIpc) is 2.65. The summed E-state index contributed by atoms with van der Waals surface area (Å²) in [6.07, 6.45) is 0. The summed E-state index contributed by atoms with van der Waals surface area (Å²) in [5.41, 5.74) is 1.92. The van der Waals surface area contributed by atoms with Crippen molar-refractivity contribution in [2.24, 2.45) is 0 Å². The third-order valence-corrected chi connectivity index (χ3v) is 2.01. The number of benzene rings is 1. The van der Waals surface area contributed by atoms with Crippen molar-refractivity contribution in [3.05, 3.63) is 29.8 Å². The topological polar surface area (TPSA) is 80.9 Å². The second-order valence-electron chi connectivity index (χ2n) is 3.41. The quantitative estimate of drug-likeness (QED) is 0.821. The molecule has 16 heavy (non-hydrogen) atoms. The zero-order valence-corrected chi connectivity index (χ0v) is 8.66. The second kappa shape index (κ2) is 4.09. The van der Waals surface area contributed by atoms with E-state index in [-0.39, 0.29) is 6.54 Å². The maximum atomic E-state index is 10.4. The molecule has 0 saturated heterocycles. The molecule has 0 aliphatic rings. The van der Waals surface area contributed by atoms with E-state index < -0.39 is 5.97 Å². The number of hydrogen-bond donors (Lipinski definition) is 1. The predicted octanol–water partition coefficient (Wildman–Crippen LogP) is 0.733. The first-order valence-electron chi connectivity index (χ1n) is 4.72. The van der Waals surface area contributed by atoms with Gasteiger partial charge in [0.05, 0.1) is 0 Å². The zero-order chi connectivity index (χ0) is 11.5. The van der Waals surface area contributed by atoms with Crippen LogP contribution < -0.4 is 0 Å². The van der Waals surface area contributed by atoms with Gasteiger partial charge >= 0.3 is 5.97 Å². The second-order valence-corrected chi connectivity index (χ2v) is 3.41. The number of hydrogen-bond acceptors (Lipinski definition) is 4. The first kappa shape index (κ1) is 10.3. The van der Waals surface area contributed by atoms with Crippen LogP contribution >= 0.6 is 0 Å². The number of aryl methyl sites for hydroxylation is 1. The van der Waals surface area contributed by atoms with Gasteiger partial charge in [-0.3, -0.25) is 4.79 Å². The van der Waals surface area contributed by atoms with Gasteiger partial charge in [0.1, 0.15) is 0 Å². The molecule has 0 unspecified atom stereocenters. The number of tetrazole rings is 1. The van der Waals surface area contributed by atoms with Gasteiger partial charge in [-0.15, -0.1) is 10.2 Å². The molecular weight excluding hydrogens is 208 g/mol. The molecule has 2 rings (SSSR count). The molecule has 0 spiro atoms. The van der Waals surface area contributed by atoms with Crippen molar-refractivity contribution >= 4 is 5.97 Å². The van der Waals surface area contributed by atoms with Crippen LogP contribution in [0.2, 0.25) is 0 Å². The van der Waals surface area contributed by atoms with Crippen molar-refractivity contribution in [3.63, 3.8) is 0 Å². The zero-order valence-electron chi connectivity index (χ0n) is 8.66. The monoisotopic (exact) mass is 218 g/mol. The van der Waals surface area contributed by atoms with Crippen molar-refractivity contribution in [1.82, 2.24) is 20.2 Å². The minimum atomic E-state index is -0.992. The Bertz CT molecular complexity index is 521. The Kier molecular flexibility index (Phi) is 2.63. The molecular formula is C10H10N4O2. The Labute approximate surface area is 91.5 Å². The van der Waals surface area contributed by atoms with Gasteiger partial charge in [-0.25, -0.2) is 0 Å². The number of carboxylic acid groups (broad SMARTS) is 1. The van der Waals surface area contributed by atoms with Crippen LogP contribution in [0, 0.1) is 6.92 Å². The lowest BCUT2D eigenvalue weighted by Crippen LogP contribution is -2.11. The molecule has 0 radical (unpaired) electrons. The van der Waals surface area contributed by atoms with Crippen molar-refractivity contribution < 1.29 is 9.90 Å². The van der Waals surface area contributed by atoms with E-state index in [1.807, 2.05) is 31.2 Å². The largest absolute Gasteiger partial charge is 0.480 e. The van der Waals surface area contributed by atoms with Gasteiger partial charge in [0.15, 0.2) is 6.54 Å².